The monoisotopic (exact) mass is 222 g/mol. The lowest BCUT2D eigenvalue weighted by atomic mass is 9.78. The maximum Gasteiger partial charge on any atom is 0.0996 e. The molecule has 1 aliphatic carbocycles. The highest BCUT2D eigenvalue weighted by molar-refractivity contribution is 5.02. The average Bonchev–Trinajstić information content (AvgIpc) is 2.81. The van der Waals surface area contributed by atoms with Crippen LogP contribution in [-0.4, -0.2) is 22.0 Å². The van der Waals surface area contributed by atoms with E-state index in [9.17, 15) is 0 Å². The van der Waals surface area contributed by atoms with Gasteiger partial charge in [0.1, 0.15) is 0 Å². The van der Waals surface area contributed by atoms with E-state index < -0.39 is 0 Å². The fraction of sp³-hybridized carbons (Fsp3) is 0.833. The number of hydrogen-bond acceptors (Lipinski definition) is 3. The van der Waals surface area contributed by atoms with Crippen molar-refractivity contribution in [1.82, 2.24) is 20.7 Å². The zero-order valence-electron chi connectivity index (χ0n) is 10.2. The SMILES string of the molecule is CCNC(c1cn[nH]n1)C1CCC(C)CC1. The molecule has 2 rings (SSSR count). The summed E-state index contributed by atoms with van der Waals surface area (Å²) in [6.45, 7) is 5.50. The summed E-state index contributed by atoms with van der Waals surface area (Å²) in [5, 5.41) is 14.4. The Morgan fingerprint density at radius 1 is 1.44 bits per heavy atom. The van der Waals surface area contributed by atoms with E-state index in [2.05, 4.69) is 34.6 Å². The standard InChI is InChI=1S/C12H22N4/c1-3-13-12(11-8-14-16-15-11)10-6-4-9(2)5-7-10/h8-10,12-13H,3-7H2,1-2H3,(H,14,15,16). The van der Waals surface area contributed by atoms with Gasteiger partial charge in [0.15, 0.2) is 0 Å². The summed E-state index contributed by atoms with van der Waals surface area (Å²) >= 11 is 0. The van der Waals surface area contributed by atoms with Crippen LogP contribution in [0.5, 0.6) is 0 Å². The number of H-pyrrole nitrogens is 1. The molecule has 0 aliphatic heterocycles. The first-order chi connectivity index (χ1) is 7.81. The van der Waals surface area contributed by atoms with Crippen LogP contribution in [0.2, 0.25) is 0 Å². The quantitative estimate of drug-likeness (QED) is 0.821. The first kappa shape index (κ1) is 11.6. The topological polar surface area (TPSA) is 53.6 Å². The van der Waals surface area contributed by atoms with Crippen molar-refractivity contribution >= 4 is 0 Å². The number of nitrogens with one attached hydrogen (secondary N) is 2. The maximum absolute atomic E-state index is 4.23. The fourth-order valence-corrected chi connectivity index (χ4v) is 2.71. The molecule has 1 fully saturated rings. The first-order valence-electron chi connectivity index (χ1n) is 6.40. The molecule has 1 aliphatic rings. The zero-order valence-corrected chi connectivity index (χ0v) is 10.2. The van der Waals surface area contributed by atoms with Gasteiger partial charge in [0, 0.05) is 0 Å². The number of nitrogens with zero attached hydrogens (tertiary/aromatic N) is 2. The van der Waals surface area contributed by atoms with Gasteiger partial charge >= 0.3 is 0 Å². The van der Waals surface area contributed by atoms with Crippen molar-refractivity contribution in [2.24, 2.45) is 11.8 Å². The van der Waals surface area contributed by atoms with Gasteiger partial charge in [-0.1, -0.05) is 26.7 Å². The molecular weight excluding hydrogens is 200 g/mol. The second-order valence-electron chi connectivity index (χ2n) is 4.95. The van der Waals surface area contributed by atoms with Crippen LogP contribution in [-0.2, 0) is 0 Å². The number of hydrogen-bond donors (Lipinski definition) is 2. The molecule has 1 heterocycles. The van der Waals surface area contributed by atoms with Crippen LogP contribution < -0.4 is 5.32 Å². The molecule has 1 atom stereocenters. The van der Waals surface area contributed by atoms with Gasteiger partial charge in [0.25, 0.3) is 0 Å². The van der Waals surface area contributed by atoms with E-state index in [0.29, 0.717) is 6.04 Å². The predicted octanol–water partition coefficient (Wildman–Crippen LogP) is 2.28. The second-order valence-corrected chi connectivity index (χ2v) is 4.95. The summed E-state index contributed by atoms with van der Waals surface area (Å²) in [5.74, 6) is 1.62. The van der Waals surface area contributed by atoms with Crippen molar-refractivity contribution in [3.63, 3.8) is 0 Å². The van der Waals surface area contributed by atoms with Gasteiger partial charge in [-0.05, 0) is 31.2 Å². The number of rotatable bonds is 4. The number of aromatic nitrogens is 3. The molecule has 4 heteroatoms. The predicted molar refractivity (Wildman–Crippen MR) is 63.9 cm³/mol. The minimum Gasteiger partial charge on any atom is -0.309 e. The maximum atomic E-state index is 4.23. The molecule has 0 saturated heterocycles. The van der Waals surface area contributed by atoms with Crippen LogP contribution in [0, 0.1) is 11.8 Å². The molecule has 1 unspecified atom stereocenters. The molecule has 1 aromatic rings. The normalized spacial score (nSPS) is 27.9. The smallest absolute Gasteiger partial charge is 0.0996 e. The molecule has 0 bridgehead atoms. The molecule has 0 radical (unpaired) electrons. The highest BCUT2D eigenvalue weighted by Crippen LogP contribution is 2.35. The van der Waals surface area contributed by atoms with E-state index in [1.807, 2.05) is 6.20 Å². The fourth-order valence-electron chi connectivity index (χ4n) is 2.71. The molecule has 0 amide bonds. The largest absolute Gasteiger partial charge is 0.309 e. The molecule has 2 N–H and O–H groups in total. The Labute approximate surface area is 97.2 Å². The molecule has 0 aromatic carbocycles. The van der Waals surface area contributed by atoms with Gasteiger partial charge in [0.2, 0.25) is 0 Å². The molecule has 1 aromatic heterocycles. The molecule has 90 valence electrons. The highest BCUT2D eigenvalue weighted by atomic mass is 15.3. The van der Waals surface area contributed by atoms with E-state index in [1.165, 1.54) is 25.7 Å². The van der Waals surface area contributed by atoms with Crippen molar-refractivity contribution in [3.05, 3.63) is 11.9 Å². The van der Waals surface area contributed by atoms with Gasteiger partial charge in [-0.25, -0.2) is 0 Å². The lowest BCUT2D eigenvalue weighted by molar-refractivity contribution is 0.230. The van der Waals surface area contributed by atoms with Gasteiger partial charge < -0.3 is 5.32 Å². The van der Waals surface area contributed by atoms with Crippen molar-refractivity contribution in [2.45, 2.75) is 45.6 Å². The second kappa shape index (κ2) is 5.43. The Bertz CT molecular complexity index is 288. The molecule has 0 spiro atoms. The van der Waals surface area contributed by atoms with Crippen molar-refractivity contribution in [3.8, 4) is 0 Å². The zero-order chi connectivity index (χ0) is 11.4. The van der Waals surface area contributed by atoms with E-state index in [0.717, 1.165) is 24.1 Å². The van der Waals surface area contributed by atoms with E-state index in [4.69, 9.17) is 0 Å². The third-order valence-corrected chi connectivity index (χ3v) is 3.71. The highest BCUT2D eigenvalue weighted by Gasteiger charge is 2.27. The summed E-state index contributed by atoms with van der Waals surface area (Å²) in [5.41, 5.74) is 1.07. The summed E-state index contributed by atoms with van der Waals surface area (Å²) in [4.78, 5) is 0. The van der Waals surface area contributed by atoms with Gasteiger partial charge in [-0.15, -0.1) is 0 Å². The third kappa shape index (κ3) is 2.61. The summed E-state index contributed by atoms with van der Waals surface area (Å²) < 4.78 is 0. The van der Waals surface area contributed by atoms with Crippen LogP contribution in [0.15, 0.2) is 6.20 Å². The van der Waals surface area contributed by atoms with Gasteiger partial charge in [-0.2, -0.15) is 15.4 Å². The lowest BCUT2D eigenvalue weighted by Gasteiger charge is -2.32. The van der Waals surface area contributed by atoms with Crippen LogP contribution in [0.1, 0.15) is 51.3 Å². The summed E-state index contributed by atoms with van der Waals surface area (Å²) in [6.07, 6.45) is 7.18. The van der Waals surface area contributed by atoms with Crippen LogP contribution >= 0.6 is 0 Å². The van der Waals surface area contributed by atoms with Crippen LogP contribution in [0.3, 0.4) is 0 Å². The summed E-state index contributed by atoms with van der Waals surface area (Å²) in [6, 6.07) is 0.385. The Hall–Kier alpha value is -0.900. The number of aromatic amines is 1. The Morgan fingerprint density at radius 3 is 2.75 bits per heavy atom. The minimum atomic E-state index is 0.385. The van der Waals surface area contributed by atoms with Crippen molar-refractivity contribution in [2.75, 3.05) is 6.54 Å². The molecule has 4 nitrogen and oxygen atoms in total. The van der Waals surface area contributed by atoms with Crippen LogP contribution in [0.25, 0.3) is 0 Å². The van der Waals surface area contributed by atoms with Crippen LogP contribution in [0.4, 0.5) is 0 Å². The van der Waals surface area contributed by atoms with E-state index >= 15 is 0 Å². The van der Waals surface area contributed by atoms with E-state index in [1.54, 1.807) is 0 Å². The third-order valence-electron chi connectivity index (χ3n) is 3.71. The van der Waals surface area contributed by atoms with Crippen molar-refractivity contribution in [1.29, 1.82) is 0 Å². The Morgan fingerprint density at radius 2 is 2.19 bits per heavy atom. The minimum absolute atomic E-state index is 0.385. The first-order valence-corrected chi connectivity index (χ1v) is 6.40. The van der Waals surface area contributed by atoms with E-state index in [-0.39, 0.29) is 0 Å². The van der Waals surface area contributed by atoms with Crippen molar-refractivity contribution < 1.29 is 0 Å². The van der Waals surface area contributed by atoms with Gasteiger partial charge in [-0.3, -0.25) is 0 Å². The summed E-state index contributed by atoms with van der Waals surface area (Å²) in [7, 11) is 0. The average molecular weight is 222 g/mol. The molecule has 1 saturated carbocycles. The Kier molecular flexibility index (Phi) is 3.93. The molecule has 16 heavy (non-hydrogen) atoms. The lowest BCUT2D eigenvalue weighted by Crippen LogP contribution is -2.31. The van der Waals surface area contributed by atoms with Gasteiger partial charge in [0.05, 0.1) is 17.9 Å². The molecular formula is C12H22N4. The Balaban J connectivity index is 2.02.